The van der Waals surface area contributed by atoms with Crippen LogP contribution in [0.15, 0.2) is 48.5 Å². The van der Waals surface area contributed by atoms with Crippen LogP contribution < -0.4 is 0 Å². The van der Waals surface area contributed by atoms with Gasteiger partial charge in [0.2, 0.25) is 0 Å². The summed E-state index contributed by atoms with van der Waals surface area (Å²) >= 11 is 0. The average Bonchev–Trinajstić information content (AvgIpc) is 2.86. The molecular weight excluding hydrogens is 431 g/mol. The Kier molecular flexibility index (Phi) is 6.68. The van der Waals surface area contributed by atoms with E-state index in [2.05, 4.69) is 31.2 Å². The van der Waals surface area contributed by atoms with Crippen molar-refractivity contribution in [3.63, 3.8) is 0 Å². The van der Waals surface area contributed by atoms with Crippen molar-refractivity contribution in [1.82, 2.24) is 9.80 Å². The summed E-state index contributed by atoms with van der Waals surface area (Å²) in [5, 5.41) is 0. The number of Topliss-reactive ketones (excluding diaryl/α,β-unsaturated/α-hetero) is 1. The Morgan fingerprint density at radius 2 is 1.56 bits per heavy atom. The quantitative estimate of drug-likeness (QED) is 0.657. The second-order valence-electron chi connectivity index (χ2n) is 10.1. The lowest BCUT2D eigenvalue weighted by atomic mass is 9.76. The number of carbonyl (C=O) groups is 2. The van der Waals surface area contributed by atoms with Crippen molar-refractivity contribution in [3.8, 4) is 0 Å². The van der Waals surface area contributed by atoms with Crippen molar-refractivity contribution in [2.75, 3.05) is 32.8 Å². The van der Waals surface area contributed by atoms with Gasteiger partial charge in [0.05, 0.1) is 6.10 Å². The van der Waals surface area contributed by atoms with E-state index in [9.17, 15) is 14.0 Å². The van der Waals surface area contributed by atoms with Crippen LogP contribution in [0.5, 0.6) is 0 Å². The first kappa shape index (κ1) is 23.0. The van der Waals surface area contributed by atoms with Crippen LogP contribution in [-0.2, 0) is 9.53 Å². The minimum atomic E-state index is -0.222. The summed E-state index contributed by atoms with van der Waals surface area (Å²) in [5.41, 5.74) is 3.58. The molecule has 3 saturated heterocycles. The molecule has 34 heavy (non-hydrogen) atoms. The molecule has 0 aliphatic carbocycles. The van der Waals surface area contributed by atoms with E-state index in [0.29, 0.717) is 38.5 Å². The number of hydrogen-bond donors (Lipinski definition) is 0. The number of ketones is 1. The molecule has 0 bridgehead atoms. The Hall–Kier alpha value is -2.73. The maximum absolute atomic E-state index is 13.6. The van der Waals surface area contributed by atoms with Crippen molar-refractivity contribution in [2.45, 2.75) is 44.6 Å². The first-order valence-corrected chi connectivity index (χ1v) is 12.5. The molecule has 6 heteroatoms. The van der Waals surface area contributed by atoms with Crippen molar-refractivity contribution in [3.05, 3.63) is 71.0 Å². The van der Waals surface area contributed by atoms with E-state index in [1.54, 1.807) is 12.1 Å². The molecule has 2 aromatic carbocycles. The molecule has 2 aromatic rings. The minimum Gasteiger partial charge on any atom is -0.370 e. The number of rotatable bonds is 3. The molecule has 0 N–H and O–H groups in total. The van der Waals surface area contributed by atoms with Gasteiger partial charge in [0.25, 0.3) is 0 Å². The van der Waals surface area contributed by atoms with Gasteiger partial charge in [0, 0.05) is 44.4 Å². The second-order valence-corrected chi connectivity index (χ2v) is 10.1. The molecule has 0 saturated carbocycles. The third-order valence-electron chi connectivity index (χ3n) is 7.83. The topological polar surface area (TPSA) is 49.9 Å². The minimum absolute atomic E-state index is 0.0867. The standard InChI is InChI=1S/C28H33FN2O3/c1-19-2-4-20(5-3-19)27(21-6-8-24(29)9-7-21)22-10-13-30(14-11-22)28(33)31-15-12-26-23(17-31)16-25(32)18-34-26/h2-9,22-23,26-27H,10-18H2,1H3/t23-,26+,27+/m1/s1. The number of urea groups is 1. The first-order valence-electron chi connectivity index (χ1n) is 12.5. The number of carbonyl (C=O) groups excluding carboxylic acids is 2. The molecule has 0 unspecified atom stereocenters. The first-order chi connectivity index (χ1) is 16.5. The summed E-state index contributed by atoms with van der Waals surface area (Å²) in [5.74, 6) is 0.604. The molecule has 0 aromatic heterocycles. The Morgan fingerprint density at radius 1 is 0.941 bits per heavy atom. The predicted molar refractivity (Wildman–Crippen MR) is 128 cm³/mol. The molecule has 0 radical (unpaired) electrons. The SMILES string of the molecule is Cc1ccc([C@@H](c2ccc(F)cc2)C2CCN(C(=O)N3CC[C@@H]4OCC(=O)C[C@@H]4C3)CC2)cc1. The van der Waals surface area contributed by atoms with Crippen LogP contribution in [0, 0.1) is 24.6 Å². The maximum atomic E-state index is 13.6. The zero-order valence-electron chi connectivity index (χ0n) is 19.8. The highest BCUT2D eigenvalue weighted by atomic mass is 19.1. The summed E-state index contributed by atoms with van der Waals surface area (Å²) < 4.78 is 19.3. The number of fused-ring (bicyclic) bond motifs is 1. The highest BCUT2D eigenvalue weighted by molar-refractivity contribution is 5.81. The van der Waals surface area contributed by atoms with Crippen LogP contribution in [0.1, 0.15) is 48.3 Å². The van der Waals surface area contributed by atoms with Crippen LogP contribution in [0.4, 0.5) is 9.18 Å². The van der Waals surface area contributed by atoms with E-state index < -0.39 is 0 Å². The normalized spacial score (nSPS) is 24.6. The monoisotopic (exact) mass is 464 g/mol. The van der Waals surface area contributed by atoms with Crippen molar-refractivity contribution < 1.29 is 18.7 Å². The number of ether oxygens (including phenoxy) is 1. The summed E-state index contributed by atoms with van der Waals surface area (Å²) in [6.45, 7) is 5.03. The van der Waals surface area contributed by atoms with E-state index in [-0.39, 0.29) is 42.2 Å². The zero-order valence-corrected chi connectivity index (χ0v) is 19.8. The van der Waals surface area contributed by atoms with Gasteiger partial charge in [-0.1, -0.05) is 42.0 Å². The van der Waals surface area contributed by atoms with E-state index in [4.69, 9.17) is 4.74 Å². The number of likely N-dealkylation sites (tertiary alicyclic amines) is 2. The van der Waals surface area contributed by atoms with E-state index in [1.807, 2.05) is 21.9 Å². The molecule has 3 atom stereocenters. The van der Waals surface area contributed by atoms with Gasteiger partial charge in [-0.2, -0.15) is 0 Å². The van der Waals surface area contributed by atoms with Gasteiger partial charge >= 0.3 is 6.03 Å². The number of aryl methyl sites for hydroxylation is 1. The summed E-state index contributed by atoms with van der Waals surface area (Å²) in [4.78, 5) is 29.0. The summed E-state index contributed by atoms with van der Waals surface area (Å²) in [6.07, 6.45) is 3.25. The highest BCUT2D eigenvalue weighted by Gasteiger charge is 2.39. The second kappa shape index (κ2) is 9.87. The van der Waals surface area contributed by atoms with Crippen LogP contribution in [0.2, 0.25) is 0 Å². The van der Waals surface area contributed by atoms with Gasteiger partial charge in [0.15, 0.2) is 5.78 Å². The average molecular weight is 465 g/mol. The Labute approximate surface area is 200 Å². The predicted octanol–water partition coefficient (Wildman–Crippen LogP) is 4.78. The maximum Gasteiger partial charge on any atom is 0.320 e. The lowest BCUT2D eigenvalue weighted by molar-refractivity contribution is -0.140. The van der Waals surface area contributed by atoms with Gasteiger partial charge in [-0.3, -0.25) is 4.79 Å². The molecule has 3 heterocycles. The van der Waals surface area contributed by atoms with Crippen LogP contribution >= 0.6 is 0 Å². The van der Waals surface area contributed by atoms with Gasteiger partial charge in [-0.25, -0.2) is 9.18 Å². The van der Waals surface area contributed by atoms with Crippen molar-refractivity contribution in [2.24, 2.45) is 11.8 Å². The van der Waals surface area contributed by atoms with Crippen LogP contribution in [0.3, 0.4) is 0 Å². The van der Waals surface area contributed by atoms with E-state index >= 15 is 0 Å². The highest BCUT2D eigenvalue weighted by Crippen LogP contribution is 2.38. The fourth-order valence-corrected chi connectivity index (χ4v) is 5.96. The third kappa shape index (κ3) is 4.88. The fourth-order valence-electron chi connectivity index (χ4n) is 5.96. The number of halogens is 1. The van der Waals surface area contributed by atoms with Gasteiger partial charge in [-0.15, -0.1) is 0 Å². The number of hydrogen-bond acceptors (Lipinski definition) is 3. The lowest BCUT2D eigenvalue weighted by Gasteiger charge is -2.43. The Morgan fingerprint density at radius 3 is 2.24 bits per heavy atom. The zero-order chi connectivity index (χ0) is 23.7. The van der Waals surface area contributed by atoms with Crippen molar-refractivity contribution >= 4 is 11.8 Å². The Balaban J connectivity index is 1.26. The van der Waals surface area contributed by atoms with Gasteiger partial charge < -0.3 is 14.5 Å². The van der Waals surface area contributed by atoms with E-state index in [1.165, 1.54) is 11.1 Å². The van der Waals surface area contributed by atoms with Crippen molar-refractivity contribution in [1.29, 1.82) is 0 Å². The molecule has 0 spiro atoms. The molecule has 5 nitrogen and oxygen atoms in total. The number of benzene rings is 2. The molecule has 2 amide bonds. The Bertz CT molecular complexity index is 969. The number of amides is 2. The summed E-state index contributed by atoms with van der Waals surface area (Å²) in [6, 6.07) is 15.6. The van der Waals surface area contributed by atoms with Gasteiger partial charge in [0.1, 0.15) is 12.4 Å². The third-order valence-corrected chi connectivity index (χ3v) is 7.83. The fraction of sp³-hybridized carbons (Fsp3) is 0.500. The molecular formula is C28H33FN2O3. The van der Waals surface area contributed by atoms with E-state index in [0.717, 1.165) is 24.8 Å². The molecule has 3 aliphatic rings. The van der Waals surface area contributed by atoms with Gasteiger partial charge in [-0.05, 0) is 55.4 Å². The molecule has 3 aliphatic heterocycles. The summed E-state index contributed by atoms with van der Waals surface area (Å²) in [7, 11) is 0. The molecule has 5 rings (SSSR count). The molecule has 3 fully saturated rings. The van der Waals surface area contributed by atoms with Crippen LogP contribution in [-0.4, -0.2) is 60.5 Å². The lowest BCUT2D eigenvalue weighted by Crippen LogP contribution is -2.54. The number of piperidine rings is 2. The largest absolute Gasteiger partial charge is 0.370 e. The molecule has 180 valence electrons. The smallest absolute Gasteiger partial charge is 0.320 e. The van der Waals surface area contributed by atoms with Crippen LogP contribution in [0.25, 0.3) is 0 Å². The number of nitrogens with zero attached hydrogens (tertiary/aromatic N) is 2.